The zero-order chi connectivity index (χ0) is 15.2. The van der Waals surface area contributed by atoms with Crippen LogP contribution in [0.5, 0.6) is 5.75 Å². The van der Waals surface area contributed by atoms with Crippen LogP contribution >= 0.6 is 11.3 Å². The molecule has 6 nitrogen and oxygen atoms in total. The lowest BCUT2D eigenvalue weighted by Gasteiger charge is -2.08. The lowest BCUT2D eigenvalue weighted by atomic mass is 10.2. The van der Waals surface area contributed by atoms with E-state index in [9.17, 15) is 14.7 Å². The molecule has 2 amide bonds. The third kappa shape index (κ3) is 4.22. The van der Waals surface area contributed by atoms with Crippen LogP contribution in [-0.2, 0) is 6.42 Å². The van der Waals surface area contributed by atoms with Gasteiger partial charge in [-0.05, 0) is 30.0 Å². The Morgan fingerprint density at radius 3 is 2.67 bits per heavy atom. The van der Waals surface area contributed by atoms with Crippen molar-refractivity contribution >= 4 is 29.0 Å². The maximum atomic E-state index is 11.7. The molecule has 110 valence electrons. The highest BCUT2D eigenvalue weighted by molar-refractivity contribution is 7.09. The van der Waals surface area contributed by atoms with Gasteiger partial charge in [0.2, 0.25) is 0 Å². The molecule has 4 N–H and O–H groups in total. The molecule has 0 unspecified atom stereocenters. The van der Waals surface area contributed by atoms with Crippen LogP contribution in [0.25, 0.3) is 0 Å². The normalized spacial score (nSPS) is 10.1. The van der Waals surface area contributed by atoms with E-state index in [1.165, 1.54) is 23.1 Å². The van der Waals surface area contributed by atoms with Gasteiger partial charge in [0.25, 0.3) is 0 Å². The van der Waals surface area contributed by atoms with Gasteiger partial charge in [-0.25, -0.2) is 9.59 Å². The predicted molar refractivity (Wildman–Crippen MR) is 80.1 cm³/mol. The third-order valence-corrected chi connectivity index (χ3v) is 3.66. The molecule has 1 heterocycles. The zero-order valence-electron chi connectivity index (χ0n) is 11.0. The number of urea groups is 1. The molecule has 0 aliphatic carbocycles. The standard InChI is InChI=1S/C14H14N2O4S/c17-12-8-9(3-4-11(12)13(18)19)16-14(20)15-6-5-10-2-1-7-21-10/h1-4,7-8,17H,5-6H2,(H,18,19)(H2,15,16,20). The summed E-state index contributed by atoms with van der Waals surface area (Å²) >= 11 is 1.62. The fourth-order valence-corrected chi connectivity index (χ4v) is 2.43. The van der Waals surface area contributed by atoms with E-state index < -0.39 is 12.0 Å². The van der Waals surface area contributed by atoms with Crippen molar-refractivity contribution in [1.29, 1.82) is 0 Å². The highest BCUT2D eigenvalue weighted by atomic mass is 32.1. The minimum atomic E-state index is -1.22. The monoisotopic (exact) mass is 306 g/mol. The number of amides is 2. The van der Waals surface area contributed by atoms with E-state index in [0.29, 0.717) is 12.2 Å². The number of nitrogens with one attached hydrogen (secondary N) is 2. The number of aromatic hydroxyl groups is 1. The Morgan fingerprint density at radius 1 is 1.24 bits per heavy atom. The van der Waals surface area contributed by atoms with Crippen LogP contribution in [0, 0.1) is 0 Å². The average molecular weight is 306 g/mol. The smallest absolute Gasteiger partial charge is 0.339 e. The van der Waals surface area contributed by atoms with E-state index in [1.807, 2.05) is 17.5 Å². The third-order valence-electron chi connectivity index (χ3n) is 2.72. The summed E-state index contributed by atoms with van der Waals surface area (Å²) in [6, 6.07) is 7.39. The van der Waals surface area contributed by atoms with E-state index in [-0.39, 0.29) is 11.3 Å². The molecule has 0 aliphatic rings. The number of hydrogen-bond acceptors (Lipinski definition) is 4. The van der Waals surface area contributed by atoms with Gasteiger partial charge >= 0.3 is 12.0 Å². The van der Waals surface area contributed by atoms with Crippen LogP contribution in [0.3, 0.4) is 0 Å². The lowest BCUT2D eigenvalue weighted by molar-refractivity contribution is 0.0694. The number of benzene rings is 1. The number of carbonyl (C=O) groups is 2. The number of aromatic carboxylic acids is 1. The van der Waals surface area contributed by atoms with Crippen molar-refractivity contribution < 1.29 is 19.8 Å². The molecule has 21 heavy (non-hydrogen) atoms. The van der Waals surface area contributed by atoms with Crippen LogP contribution in [0.1, 0.15) is 15.2 Å². The van der Waals surface area contributed by atoms with Crippen molar-refractivity contribution in [2.45, 2.75) is 6.42 Å². The SMILES string of the molecule is O=C(NCCc1cccs1)Nc1ccc(C(=O)O)c(O)c1. The molecule has 2 aromatic rings. The number of rotatable bonds is 5. The van der Waals surface area contributed by atoms with E-state index in [2.05, 4.69) is 10.6 Å². The summed E-state index contributed by atoms with van der Waals surface area (Å²) in [5, 5.41) is 25.5. The second-order valence-electron chi connectivity index (χ2n) is 4.25. The number of anilines is 1. The summed E-state index contributed by atoms with van der Waals surface area (Å²) in [6.45, 7) is 0.492. The fourth-order valence-electron chi connectivity index (χ4n) is 1.72. The van der Waals surface area contributed by atoms with Crippen molar-refractivity contribution in [3.8, 4) is 5.75 Å². The number of phenols is 1. The van der Waals surface area contributed by atoms with Crippen LogP contribution in [0.4, 0.5) is 10.5 Å². The highest BCUT2D eigenvalue weighted by Gasteiger charge is 2.10. The summed E-state index contributed by atoms with van der Waals surface area (Å²) < 4.78 is 0. The highest BCUT2D eigenvalue weighted by Crippen LogP contribution is 2.21. The molecule has 0 fully saturated rings. The Bertz CT molecular complexity index is 640. The number of thiophene rings is 1. The summed E-state index contributed by atoms with van der Waals surface area (Å²) in [4.78, 5) is 23.6. The molecular formula is C14H14N2O4S. The van der Waals surface area contributed by atoms with Gasteiger partial charge < -0.3 is 20.8 Å². The number of carbonyl (C=O) groups excluding carboxylic acids is 1. The molecule has 0 atom stereocenters. The average Bonchev–Trinajstić information content (AvgIpc) is 2.91. The second kappa shape index (κ2) is 6.76. The summed E-state index contributed by atoms with van der Waals surface area (Å²) in [7, 11) is 0. The van der Waals surface area contributed by atoms with Crippen LogP contribution in [-0.4, -0.2) is 28.8 Å². The van der Waals surface area contributed by atoms with Gasteiger partial charge in [0.05, 0.1) is 0 Å². The van der Waals surface area contributed by atoms with Crippen LogP contribution in [0.2, 0.25) is 0 Å². The Kier molecular flexibility index (Phi) is 4.78. The molecule has 0 spiro atoms. The topological polar surface area (TPSA) is 98.7 Å². The Labute approximate surface area is 125 Å². The van der Waals surface area contributed by atoms with Crippen LogP contribution < -0.4 is 10.6 Å². The van der Waals surface area contributed by atoms with Crippen LogP contribution in [0.15, 0.2) is 35.7 Å². The number of hydrogen-bond donors (Lipinski definition) is 4. The Hall–Kier alpha value is -2.54. The van der Waals surface area contributed by atoms with Gasteiger partial charge in [0.15, 0.2) is 0 Å². The first-order valence-corrected chi connectivity index (χ1v) is 7.08. The van der Waals surface area contributed by atoms with E-state index in [4.69, 9.17) is 5.11 Å². The Morgan fingerprint density at radius 2 is 2.05 bits per heavy atom. The maximum Gasteiger partial charge on any atom is 0.339 e. The molecule has 1 aromatic carbocycles. The molecule has 0 saturated heterocycles. The minimum absolute atomic E-state index is 0.210. The molecule has 1 aromatic heterocycles. The van der Waals surface area contributed by atoms with Crippen molar-refractivity contribution in [3.05, 3.63) is 46.2 Å². The minimum Gasteiger partial charge on any atom is -0.507 e. The molecular weight excluding hydrogens is 292 g/mol. The van der Waals surface area contributed by atoms with Crippen molar-refractivity contribution in [2.75, 3.05) is 11.9 Å². The first-order chi connectivity index (χ1) is 10.1. The number of carboxylic acid groups (broad SMARTS) is 1. The van der Waals surface area contributed by atoms with Gasteiger partial charge in [0.1, 0.15) is 11.3 Å². The lowest BCUT2D eigenvalue weighted by Crippen LogP contribution is -2.30. The predicted octanol–water partition coefficient (Wildman–Crippen LogP) is 2.52. The van der Waals surface area contributed by atoms with Gasteiger partial charge in [0, 0.05) is 23.2 Å². The summed E-state index contributed by atoms with van der Waals surface area (Å²) in [6.07, 6.45) is 0.744. The van der Waals surface area contributed by atoms with Crippen molar-refractivity contribution in [1.82, 2.24) is 5.32 Å². The van der Waals surface area contributed by atoms with E-state index in [0.717, 1.165) is 6.42 Å². The number of carboxylic acids is 1. The largest absolute Gasteiger partial charge is 0.507 e. The van der Waals surface area contributed by atoms with Gasteiger partial charge in [-0.1, -0.05) is 6.07 Å². The molecule has 0 radical (unpaired) electrons. The molecule has 0 aliphatic heterocycles. The fraction of sp³-hybridized carbons (Fsp3) is 0.143. The first-order valence-electron chi connectivity index (χ1n) is 6.20. The summed E-state index contributed by atoms with van der Waals surface area (Å²) in [5.41, 5.74) is 0.116. The molecule has 0 bridgehead atoms. The molecule has 0 saturated carbocycles. The van der Waals surface area contributed by atoms with Gasteiger partial charge in [-0.3, -0.25) is 0 Å². The van der Waals surface area contributed by atoms with Gasteiger partial charge in [-0.2, -0.15) is 0 Å². The quantitative estimate of drug-likeness (QED) is 0.682. The maximum absolute atomic E-state index is 11.7. The van der Waals surface area contributed by atoms with E-state index >= 15 is 0 Å². The van der Waals surface area contributed by atoms with E-state index in [1.54, 1.807) is 11.3 Å². The summed E-state index contributed by atoms with van der Waals surface area (Å²) in [5.74, 6) is -1.61. The van der Waals surface area contributed by atoms with Crippen molar-refractivity contribution in [2.24, 2.45) is 0 Å². The molecule has 2 rings (SSSR count). The Balaban J connectivity index is 1.85. The first kappa shape index (κ1) is 14.9. The second-order valence-corrected chi connectivity index (χ2v) is 5.28. The zero-order valence-corrected chi connectivity index (χ0v) is 11.8. The van der Waals surface area contributed by atoms with Crippen molar-refractivity contribution in [3.63, 3.8) is 0 Å². The van der Waals surface area contributed by atoms with Gasteiger partial charge in [-0.15, -0.1) is 11.3 Å². The molecule has 7 heteroatoms.